The predicted octanol–water partition coefficient (Wildman–Crippen LogP) is 0.440. The summed E-state index contributed by atoms with van der Waals surface area (Å²) in [7, 11) is 1.54. The minimum Gasteiger partial charge on any atom is -0.458 e. The average molecular weight is 170 g/mol. The molecule has 4 nitrogen and oxygen atoms in total. The monoisotopic (exact) mass is 170 g/mol. The summed E-state index contributed by atoms with van der Waals surface area (Å²) in [4.78, 5) is 11.1. The highest BCUT2D eigenvalue weighted by Gasteiger charge is 2.23. The van der Waals surface area contributed by atoms with Gasteiger partial charge in [-0.15, -0.1) is 0 Å². The van der Waals surface area contributed by atoms with E-state index in [0.717, 1.165) is 0 Å². The van der Waals surface area contributed by atoms with Gasteiger partial charge in [-0.1, -0.05) is 0 Å². The maximum Gasteiger partial charge on any atom is 0.338 e. The van der Waals surface area contributed by atoms with Gasteiger partial charge < -0.3 is 4.74 Å². The van der Waals surface area contributed by atoms with Crippen molar-refractivity contribution in [3.8, 4) is 6.07 Å². The van der Waals surface area contributed by atoms with E-state index < -0.39 is 17.6 Å². The summed E-state index contributed by atoms with van der Waals surface area (Å²) in [5.41, 5.74) is -0.539. The zero-order valence-electron chi connectivity index (χ0n) is 7.84. The molecule has 12 heavy (non-hydrogen) atoms. The largest absolute Gasteiger partial charge is 0.458 e. The molecule has 1 atom stereocenters. The van der Waals surface area contributed by atoms with Crippen molar-refractivity contribution >= 4 is 5.97 Å². The van der Waals surface area contributed by atoms with Gasteiger partial charge in [0.1, 0.15) is 5.60 Å². The molecule has 0 rings (SSSR count). The van der Waals surface area contributed by atoms with Crippen molar-refractivity contribution in [2.24, 2.45) is 0 Å². The quantitative estimate of drug-likeness (QED) is 0.611. The van der Waals surface area contributed by atoms with Crippen molar-refractivity contribution in [2.75, 3.05) is 7.05 Å². The standard InChI is InChI=1S/C8H14N2O2/c1-8(2,3)12-7(11)6(5-9)10-4/h6,10H,1-4H3. The first kappa shape index (κ1) is 10.9. The summed E-state index contributed by atoms with van der Waals surface area (Å²) in [6, 6.07) is 0.917. The first-order chi connectivity index (χ1) is 5.40. The topological polar surface area (TPSA) is 62.1 Å². The second-order valence-corrected chi connectivity index (χ2v) is 3.38. The highest BCUT2D eigenvalue weighted by atomic mass is 16.6. The number of ether oxygens (including phenoxy) is 1. The number of nitriles is 1. The van der Waals surface area contributed by atoms with Crippen LogP contribution in [0.2, 0.25) is 0 Å². The van der Waals surface area contributed by atoms with Gasteiger partial charge in [0.05, 0.1) is 6.07 Å². The smallest absolute Gasteiger partial charge is 0.338 e. The molecule has 0 aliphatic rings. The number of esters is 1. The van der Waals surface area contributed by atoms with Crippen LogP contribution < -0.4 is 5.32 Å². The van der Waals surface area contributed by atoms with Crippen LogP contribution in [0.25, 0.3) is 0 Å². The van der Waals surface area contributed by atoms with E-state index in [-0.39, 0.29) is 0 Å². The van der Waals surface area contributed by atoms with Crippen molar-refractivity contribution in [1.82, 2.24) is 5.32 Å². The summed E-state index contributed by atoms with van der Waals surface area (Å²) >= 11 is 0. The summed E-state index contributed by atoms with van der Waals surface area (Å²) in [6.45, 7) is 5.28. The molecule has 0 saturated carbocycles. The Kier molecular flexibility index (Phi) is 3.71. The molecule has 0 saturated heterocycles. The molecular formula is C8H14N2O2. The SMILES string of the molecule is CNC(C#N)C(=O)OC(C)(C)C. The molecule has 0 aliphatic heterocycles. The van der Waals surface area contributed by atoms with Crippen LogP contribution in [0.4, 0.5) is 0 Å². The first-order valence-corrected chi connectivity index (χ1v) is 3.70. The van der Waals surface area contributed by atoms with Crippen LogP contribution in [0.5, 0.6) is 0 Å². The molecule has 0 aliphatic carbocycles. The van der Waals surface area contributed by atoms with E-state index in [1.807, 2.05) is 0 Å². The minimum atomic E-state index is -0.871. The molecule has 0 spiro atoms. The molecule has 4 heteroatoms. The van der Waals surface area contributed by atoms with Crippen molar-refractivity contribution in [2.45, 2.75) is 32.4 Å². The fourth-order valence-corrected chi connectivity index (χ4v) is 0.596. The molecule has 68 valence electrons. The Bertz CT molecular complexity index is 200. The number of nitrogens with zero attached hydrogens (tertiary/aromatic N) is 1. The van der Waals surface area contributed by atoms with Crippen molar-refractivity contribution in [3.63, 3.8) is 0 Å². The van der Waals surface area contributed by atoms with Crippen LogP contribution in [0.15, 0.2) is 0 Å². The molecule has 0 aromatic heterocycles. The second kappa shape index (κ2) is 4.07. The number of rotatable bonds is 2. The van der Waals surface area contributed by atoms with E-state index in [1.165, 1.54) is 7.05 Å². The van der Waals surface area contributed by atoms with Crippen molar-refractivity contribution in [3.05, 3.63) is 0 Å². The van der Waals surface area contributed by atoms with Crippen LogP contribution in [-0.4, -0.2) is 24.7 Å². The van der Waals surface area contributed by atoms with Crippen molar-refractivity contribution in [1.29, 1.82) is 5.26 Å². The van der Waals surface area contributed by atoms with Crippen LogP contribution in [-0.2, 0) is 9.53 Å². The van der Waals surface area contributed by atoms with Gasteiger partial charge in [0.25, 0.3) is 0 Å². The number of hydrogen-bond acceptors (Lipinski definition) is 4. The highest BCUT2D eigenvalue weighted by Crippen LogP contribution is 2.07. The molecule has 0 fully saturated rings. The lowest BCUT2D eigenvalue weighted by Crippen LogP contribution is -2.38. The van der Waals surface area contributed by atoms with E-state index in [1.54, 1.807) is 26.8 Å². The number of carbonyl (C=O) groups is 1. The molecule has 0 bridgehead atoms. The van der Waals surface area contributed by atoms with E-state index in [9.17, 15) is 4.79 Å². The van der Waals surface area contributed by atoms with Gasteiger partial charge in [-0.25, -0.2) is 4.79 Å². The average Bonchev–Trinajstić information content (AvgIpc) is 1.85. The number of carbonyl (C=O) groups excluding carboxylic acids is 1. The Hall–Kier alpha value is -1.08. The van der Waals surface area contributed by atoms with Gasteiger partial charge >= 0.3 is 5.97 Å². The lowest BCUT2D eigenvalue weighted by molar-refractivity contribution is -0.155. The Morgan fingerprint density at radius 3 is 2.33 bits per heavy atom. The fraction of sp³-hybridized carbons (Fsp3) is 0.750. The molecule has 0 heterocycles. The third kappa shape index (κ3) is 3.94. The third-order valence-corrected chi connectivity index (χ3v) is 1.06. The van der Waals surface area contributed by atoms with Gasteiger partial charge in [0.15, 0.2) is 6.04 Å². The number of likely N-dealkylation sites (N-methyl/N-ethyl adjacent to an activating group) is 1. The molecule has 0 amide bonds. The summed E-state index contributed by atoms with van der Waals surface area (Å²) in [6.07, 6.45) is 0. The minimum absolute atomic E-state index is 0.535. The van der Waals surface area contributed by atoms with Crippen molar-refractivity contribution < 1.29 is 9.53 Å². The number of nitrogens with one attached hydrogen (secondary N) is 1. The zero-order valence-corrected chi connectivity index (χ0v) is 7.84. The molecule has 0 radical (unpaired) electrons. The van der Waals surface area contributed by atoms with Crippen LogP contribution >= 0.6 is 0 Å². The normalized spacial score (nSPS) is 13.2. The van der Waals surface area contributed by atoms with Gasteiger partial charge in [-0.3, -0.25) is 5.32 Å². The fourth-order valence-electron chi connectivity index (χ4n) is 0.596. The maximum absolute atomic E-state index is 11.1. The lowest BCUT2D eigenvalue weighted by atomic mass is 10.2. The lowest BCUT2D eigenvalue weighted by Gasteiger charge is -2.20. The van der Waals surface area contributed by atoms with Gasteiger partial charge in [-0.05, 0) is 27.8 Å². The summed E-state index contributed by atoms with van der Waals surface area (Å²) < 4.78 is 4.96. The Balaban J connectivity index is 4.14. The van der Waals surface area contributed by atoms with Crippen LogP contribution in [0.1, 0.15) is 20.8 Å². The van der Waals surface area contributed by atoms with E-state index in [0.29, 0.717) is 0 Å². The molecular weight excluding hydrogens is 156 g/mol. The third-order valence-electron chi connectivity index (χ3n) is 1.06. The Labute approximate surface area is 72.5 Å². The van der Waals surface area contributed by atoms with Gasteiger partial charge in [0, 0.05) is 0 Å². The highest BCUT2D eigenvalue weighted by molar-refractivity contribution is 5.79. The second-order valence-electron chi connectivity index (χ2n) is 3.38. The van der Waals surface area contributed by atoms with E-state index >= 15 is 0 Å². The maximum atomic E-state index is 11.1. The zero-order chi connectivity index (χ0) is 9.78. The Morgan fingerprint density at radius 1 is 1.58 bits per heavy atom. The van der Waals surface area contributed by atoms with Gasteiger partial charge in [-0.2, -0.15) is 5.26 Å². The van der Waals surface area contributed by atoms with Crippen LogP contribution in [0, 0.1) is 11.3 Å². The molecule has 0 aromatic rings. The summed E-state index contributed by atoms with van der Waals surface area (Å²) in [5, 5.41) is 11.0. The van der Waals surface area contributed by atoms with E-state index in [4.69, 9.17) is 10.00 Å². The number of hydrogen-bond donors (Lipinski definition) is 1. The first-order valence-electron chi connectivity index (χ1n) is 3.70. The predicted molar refractivity (Wildman–Crippen MR) is 44.3 cm³/mol. The van der Waals surface area contributed by atoms with Gasteiger partial charge in [0.2, 0.25) is 0 Å². The molecule has 1 unspecified atom stereocenters. The van der Waals surface area contributed by atoms with Crippen LogP contribution in [0.3, 0.4) is 0 Å². The Morgan fingerprint density at radius 2 is 2.08 bits per heavy atom. The van der Waals surface area contributed by atoms with E-state index in [2.05, 4.69) is 5.32 Å². The summed E-state index contributed by atoms with van der Waals surface area (Å²) in [5.74, 6) is -0.535. The molecule has 1 N–H and O–H groups in total. The molecule has 0 aromatic carbocycles.